The van der Waals surface area contributed by atoms with Crippen LogP contribution in [0.1, 0.15) is 25.3 Å². The number of ether oxygens (including phenoxy) is 4. The van der Waals surface area contributed by atoms with Crippen LogP contribution in [0.15, 0.2) is 60.8 Å². The lowest BCUT2D eigenvalue weighted by Gasteiger charge is -2.14. The molecule has 33 heavy (non-hydrogen) atoms. The molecule has 0 atom stereocenters. The fourth-order valence-corrected chi connectivity index (χ4v) is 3.21. The molecule has 0 saturated heterocycles. The Morgan fingerprint density at radius 1 is 1.03 bits per heavy atom. The van der Waals surface area contributed by atoms with Crippen molar-refractivity contribution in [2.45, 2.75) is 26.3 Å². The number of fused-ring (bicyclic) bond motifs is 1. The Bertz CT molecular complexity index is 1090. The minimum Gasteiger partial charge on any atom is -0.490 e. The van der Waals surface area contributed by atoms with Crippen LogP contribution in [0, 0.1) is 0 Å². The van der Waals surface area contributed by atoms with Crippen LogP contribution in [0.3, 0.4) is 0 Å². The van der Waals surface area contributed by atoms with E-state index in [0.717, 1.165) is 18.4 Å². The van der Waals surface area contributed by atoms with Crippen LogP contribution >= 0.6 is 0 Å². The number of pyridine rings is 1. The molecule has 0 unspecified atom stereocenters. The van der Waals surface area contributed by atoms with Crippen molar-refractivity contribution in [1.82, 2.24) is 10.3 Å². The van der Waals surface area contributed by atoms with E-state index in [1.54, 1.807) is 30.5 Å². The van der Waals surface area contributed by atoms with Crippen molar-refractivity contribution in [1.29, 1.82) is 0 Å². The lowest BCUT2D eigenvalue weighted by molar-refractivity contribution is 0.251. The number of aromatic nitrogens is 1. The van der Waals surface area contributed by atoms with Crippen LogP contribution in [0.25, 0.3) is 0 Å². The molecule has 3 aromatic rings. The van der Waals surface area contributed by atoms with Gasteiger partial charge in [0.15, 0.2) is 23.0 Å². The van der Waals surface area contributed by atoms with Gasteiger partial charge in [-0.3, -0.25) is 0 Å². The summed E-state index contributed by atoms with van der Waals surface area (Å²) in [4.78, 5) is 16.8. The fourth-order valence-electron chi connectivity index (χ4n) is 3.21. The molecule has 4 rings (SSSR count). The Balaban J connectivity index is 1.39. The van der Waals surface area contributed by atoms with E-state index in [0.29, 0.717) is 54.4 Å². The summed E-state index contributed by atoms with van der Waals surface area (Å²) in [6.45, 7) is 4.07. The highest BCUT2D eigenvalue weighted by Crippen LogP contribution is 2.33. The third kappa shape index (κ3) is 6.06. The molecule has 8 nitrogen and oxygen atoms in total. The van der Waals surface area contributed by atoms with Crippen LogP contribution < -0.4 is 29.6 Å². The zero-order valence-corrected chi connectivity index (χ0v) is 18.5. The van der Waals surface area contributed by atoms with E-state index in [4.69, 9.17) is 18.9 Å². The molecule has 2 heterocycles. The van der Waals surface area contributed by atoms with Crippen LogP contribution in [0.2, 0.25) is 0 Å². The molecule has 0 aliphatic carbocycles. The summed E-state index contributed by atoms with van der Waals surface area (Å²) in [5.41, 5.74) is 1.35. The Labute approximate surface area is 192 Å². The van der Waals surface area contributed by atoms with Gasteiger partial charge >= 0.3 is 6.03 Å². The highest BCUT2D eigenvalue weighted by atomic mass is 16.5. The summed E-state index contributed by atoms with van der Waals surface area (Å²) in [5, 5.41) is 5.66. The minimum atomic E-state index is -0.356. The van der Waals surface area contributed by atoms with Gasteiger partial charge in [0.2, 0.25) is 5.88 Å². The summed E-state index contributed by atoms with van der Waals surface area (Å²) in [6, 6.07) is 16.1. The van der Waals surface area contributed by atoms with Gasteiger partial charge in [0.25, 0.3) is 0 Å². The highest BCUT2D eigenvalue weighted by Gasteiger charge is 2.14. The van der Waals surface area contributed by atoms with Gasteiger partial charge in [-0.15, -0.1) is 0 Å². The lowest BCUT2D eigenvalue weighted by Crippen LogP contribution is -2.28. The van der Waals surface area contributed by atoms with Gasteiger partial charge in [0.1, 0.15) is 0 Å². The third-order valence-corrected chi connectivity index (χ3v) is 4.81. The Kier molecular flexibility index (Phi) is 7.48. The van der Waals surface area contributed by atoms with E-state index in [1.165, 1.54) is 0 Å². The van der Waals surface area contributed by atoms with Crippen LogP contribution in [0.4, 0.5) is 10.5 Å². The molecule has 2 N–H and O–H groups in total. The molecule has 2 aromatic carbocycles. The van der Waals surface area contributed by atoms with Crippen LogP contribution in [-0.4, -0.2) is 30.8 Å². The zero-order valence-electron chi connectivity index (χ0n) is 18.5. The van der Waals surface area contributed by atoms with E-state index < -0.39 is 0 Å². The van der Waals surface area contributed by atoms with Gasteiger partial charge < -0.3 is 29.6 Å². The first kappa shape index (κ1) is 22.3. The predicted octanol–water partition coefficient (Wildman–Crippen LogP) is 5.15. The zero-order chi connectivity index (χ0) is 22.9. The van der Waals surface area contributed by atoms with Crippen molar-refractivity contribution < 1.29 is 23.7 Å². The smallest absolute Gasteiger partial charge is 0.319 e. The molecule has 1 aliphatic heterocycles. The number of nitrogens with zero attached hydrogens (tertiary/aromatic N) is 1. The molecule has 0 fully saturated rings. The van der Waals surface area contributed by atoms with Gasteiger partial charge in [0, 0.05) is 36.5 Å². The second-order valence-electron chi connectivity index (χ2n) is 7.38. The van der Waals surface area contributed by atoms with Gasteiger partial charge in [-0.25, -0.2) is 9.78 Å². The molecule has 0 saturated carbocycles. The van der Waals surface area contributed by atoms with E-state index in [-0.39, 0.29) is 12.6 Å². The van der Waals surface area contributed by atoms with Gasteiger partial charge in [0.05, 0.1) is 19.8 Å². The minimum absolute atomic E-state index is 0.234. The Morgan fingerprint density at radius 3 is 2.70 bits per heavy atom. The molecular formula is C25H27N3O5. The number of hydrogen-bond donors (Lipinski definition) is 2. The SMILES string of the molecule is CCCOc1ccccc1Oc1ncccc1CNC(=O)Nc1ccc2c(c1)OCCCO2. The van der Waals surface area contributed by atoms with Crippen LogP contribution in [0.5, 0.6) is 28.9 Å². The van der Waals surface area contributed by atoms with E-state index in [2.05, 4.69) is 15.6 Å². The molecule has 2 amide bonds. The summed E-state index contributed by atoms with van der Waals surface area (Å²) >= 11 is 0. The maximum Gasteiger partial charge on any atom is 0.319 e. The standard InChI is InChI=1S/C25H27N3O5/c1-2-13-30-20-8-3-4-9-22(20)33-24-18(7-5-12-26-24)17-27-25(29)28-19-10-11-21-23(16-19)32-15-6-14-31-21/h3-5,7-12,16H,2,6,13-15,17H2,1H3,(H2,27,28,29). The van der Waals surface area contributed by atoms with Crippen LogP contribution in [-0.2, 0) is 6.54 Å². The molecule has 1 aliphatic rings. The van der Waals surface area contributed by atoms with Gasteiger partial charge in [-0.2, -0.15) is 0 Å². The van der Waals surface area contributed by atoms with Crippen molar-refractivity contribution in [3.8, 4) is 28.9 Å². The van der Waals surface area contributed by atoms with Crippen molar-refractivity contribution in [3.63, 3.8) is 0 Å². The van der Waals surface area contributed by atoms with Gasteiger partial charge in [-0.05, 0) is 36.8 Å². The van der Waals surface area contributed by atoms with E-state index >= 15 is 0 Å². The molecule has 0 radical (unpaired) electrons. The number of carbonyl (C=O) groups is 1. The Hall–Kier alpha value is -3.94. The van der Waals surface area contributed by atoms with Crippen molar-refractivity contribution in [2.75, 3.05) is 25.1 Å². The Morgan fingerprint density at radius 2 is 1.85 bits per heavy atom. The van der Waals surface area contributed by atoms with Crippen molar-refractivity contribution in [3.05, 3.63) is 66.4 Å². The maximum atomic E-state index is 12.5. The average Bonchev–Trinajstić information content (AvgIpc) is 3.08. The molecule has 8 heteroatoms. The van der Waals surface area contributed by atoms with E-state index in [9.17, 15) is 4.79 Å². The first-order chi connectivity index (χ1) is 16.2. The largest absolute Gasteiger partial charge is 0.490 e. The number of rotatable bonds is 8. The normalized spacial score (nSPS) is 12.4. The third-order valence-electron chi connectivity index (χ3n) is 4.81. The number of urea groups is 1. The summed E-state index contributed by atoms with van der Waals surface area (Å²) < 4.78 is 23.1. The number of anilines is 1. The fraction of sp³-hybridized carbons (Fsp3) is 0.280. The molecular weight excluding hydrogens is 422 g/mol. The average molecular weight is 450 g/mol. The second kappa shape index (κ2) is 11.1. The first-order valence-electron chi connectivity index (χ1n) is 11.0. The number of hydrogen-bond acceptors (Lipinski definition) is 6. The number of nitrogens with one attached hydrogen (secondary N) is 2. The number of benzene rings is 2. The number of carbonyl (C=O) groups excluding carboxylic acids is 1. The van der Waals surface area contributed by atoms with Gasteiger partial charge in [-0.1, -0.05) is 25.1 Å². The monoisotopic (exact) mass is 449 g/mol. The summed E-state index contributed by atoms with van der Waals surface area (Å²) in [5.74, 6) is 2.93. The molecule has 172 valence electrons. The number of amides is 2. The molecule has 0 spiro atoms. The topological polar surface area (TPSA) is 90.9 Å². The first-order valence-corrected chi connectivity index (χ1v) is 11.0. The maximum absolute atomic E-state index is 12.5. The molecule has 1 aromatic heterocycles. The molecule has 0 bridgehead atoms. The highest BCUT2D eigenvalue weighted by molar-refractivity contribution is 5.89. The summed E-state index contributed by atoms with van der Waals surface area (Å²) in [6.07, 6.45) is 3.36. The van der Waals surface area contributed by atoms with Crippen molar-refractivity contribution >= 4 is 11.7 Å². The van der Waals surface area contributed by atoms with E-state index in [1.807, 2.05) is 37.3 Å². The predicted molar refractivity (Wildman–Crippen MR) is 124 cm³/mol. The quantitative estimate of drug-likeness (QED) is 0.495. The number of para-hydroxylation sites is 2. The summed E-state index contributed by atoms with van der Waals surface area (Å²) in [7, 11) is 0. The van der Waals surface area contributed by atoms with Crippen molar-refractivity contribution in [2.24, 2.45) is 0 Å². The lowest BCUT2D eigenvalue weighted by atomic mass is 10.2. The second-order valence-corrected chi connectivity index (χ2v) is 7.38.